The van der Waals surface area contributed by atoms with E-state index in [9.17, 15) is 52.2 Å². The molecule has 7 atom stereocenters. The predicted octanol–water partition coefficient (Wildman–Crippen LogP) is 17.3. The van der Waals surface area contributed by atoms with Gasteiger partial charge in [0.05, 0.1) is 75.7 Å². The zero-order valence-corrected chi connectivity index (χ0v) is 82.5. The smallest absolute Gasteiger partial charge is 0.335 e. The SMILES string of the molecule is C=C1C(=O)C(C(C)C)=C1O.C=C1C(=O)C(NC(C)C)=C1O.C=C1CC(=O)C(C(C)C)O1.C=C1CC(=O)C(C(C)C)S1.C=C1N=S(=O)(C(C)C)NC1C.CC(C)C1CC(=O)C=C(O)C1.CC(C)C1NC(=O)C=C1O.CC(C)C1OC(=O)C=C1O.CC(C)N1CC(O)=CC1=O.CC(C)c1cc(=O)[nH]o1.CC(C)c1cc(=O)[nH]s1.CC(C)c1coc(=S)[nH]1.CC(C)c1nn[nH]n1. The lowest BCUT2D eigenvalue weighted by Gasteiger charge is -2.22. The van der Waals surface area contributed by atoms with Crippen LogP contribution in [0.15, 0.2) is 172 Å². The van der Waals surface area contributed by atoms with Gasteiger partial charge in [0.25, 0.3) is 21.9 Å². The van der Waals surface area contributed by atoms with Crippen LogP contribution in [0.2, 0.25) is 0 Å². The minimum absolute atomic E-state index is 0.00343. The molecule has 13 rings (SSSR count). The maximum absolute atomic E-state index is 11.8. The number of aromatic nitrogens is 7. The van der Waals surface area contributed by atoms with Crippen LogP contribution in [0.5, 0.6) is 0 Å². The van der Waals surface area contributed by atoms with Crippen LogP contribution in [-0.4, -0.2) is 175 Å². The lowest BCUT2D eigenvalue weighted by Crippen LogP contribution is -2.35. The highest BCUT2D eigenvalue weighted by Gasteiger charge is 2.36. The number of nitrogens with one attached hydrogen (secondary N) is 7. The van der Waals surface area contributed by atoms with E-state index < -0.39 is 22.0 Å². The van der Waals surface area contributed by atoms with Gasteiger partial charge >= 0.3 is 5.97 Å². The van der Waals surface area contributed by atoms with Gasteiger partial charge in [-0.3, -0.25) is 47.5 Å². The first kappa shape index (κ1) is 116. The van der Waals surface area contributed by atoms with Crippen molar-refractivity contribution in [2.75, 3.05) is 6.54 Å². The van der Waals surface area contributed by atoms with Crippen LogP contribution >= 0.6 is 35.5 Å². The number of oxazole rings is 1. The second kappa shape index (κ2) is 54.7. The molecule has 7 unspecified atom stereocenters. The first-order chi connectivity index (χ1) is 59.1. The van der Waals surface area contributed by atoms with Crippen molar-refractivity contribution in [1.82, 2.24) is 55.4 Å². The van der Waals surface area contributed by atoms with E-state index in [0.717, 1.165) is 27.4 Å². The van der Waals surface area contributed by atoms with Gasteiger partial charge in [-0.15, -0.1) is 22.0 Å². The van der Waals surface area contributed by atoms with E-state index >= 15 is 0 Å². The molecule has 2 fully saturated rings. The van der Waals surface area contributed by atoms with Crippen LogP contribution in [0.4, 0.5) is 0 Å². The van der Waals surface area contributed by atoms with Crippen molar-refractivity contribution in [3.05, 3.63) is 197 Å². The molecule has 33 nitrogen and oxygen atoms in total. The Morgan fingerprint density at radius 1 is 0.617 bits per heavy atom. The predicted molar refractivity (Wildman–Crippen MR) is 504 cm³/mol. The number of amides is 2. The van der Waals surface area contributed by atoms with Crippen molar-refractivity contribution in [2.45, 2.75) is 283 Å². The topological polar surface area (TPSA) is 507 Å². The fraction of sp³-hybridized carbons (Fsp3) is 0.560. The van der Waals surface area contributed by atoms with Gasteiger partial charge in [0.2, 0.25) is 11.7 Å². The number of Topliss-reactive ketones (excluding diaryl/α,β-unsaturated/α-hetero) is 4. The Hall–Kier alpha value is -10.5. The van der Waals surface area contributed by atoms with Gasteiger partial charge in [-0.2, -0.15) is 14.7 Å². The lowest BCUT2D eigenvalue weighted by atomic mass is 9.82. The highest BCUT2D eigenvalue weighted by molar-refractivity contribution is 8.04. The first-order valence-corrected chi connectivity index (χ1v) is 46.1. The van der Waals surface area contributed by atoms with Gasteiger partial charge in [-0.1, -0.05) is 188 Å². The highest BCUT2D eigenvalue weighted by Crippen LogP contribution is 2.37. The molecule has 6 aliphatic heterocycles. The lowest BCUT2D eigenvalue weighted by molar-refractivity contribution is -0.141. The number of H-pyrrole nitrogens is 4. The molecule has 128 heavy (non-hydrogen) atoms. The number of ether oxygens (including phenoxy) is 2. The summed E-state index contributed by atoms with van der Waals surface area (Å²) in [5, 5.41) is 75.6. The summed E-state index contributed by atoms with van der Waals surface area (Å²) in [6.45, 7) is 71.5. The molecule has 9 aliphatic rings. The molecule has 3 aliphatic carbocycles. The summed E-state index contributed by atoms with van der Waals surface area (Å²) in [6, 6.07) is 3.33. The van der Waals surface area contributed by atoms with Gasteiger partial charge < -0.3 is 69.6 Å². The van der Waals surface area contributed by atoms with Crippen LogP contribution in [0.25, 0.3) is 0 Å². The molecule has 714 valence electrons. The van der Waals surface area contributed by atoms with Crippen molar-refractivity contribution < 1.29 is 91.6 Å². The molecular weight excluding hydrogens is 1730 g/mol. The summed E-state index contributed by atoms with van der Waals surface area (Å²) in [7, 11) is -2.19. The minimum Gasteiger partial charge on any atom is -0.512 e. The number of hydrogen-bond acceptors (Lipinski definition) is 29. The summed E-state index contributed by atoms with van der Waals surface area (Å²) in [6.07, 6.45) is 8.22. The quantitative estimate of drug-likeness (QED) is 0.0317. The normalized spacial score (nSPS) is 20.7. The number of hydrogen-bond donors (Lipinski definition) is 13. The van der Waals surface area contributed by atoms with E-state index in [0.29, 0.717) is 107 Å². The van der Waals surface area contributed by atoms with Crippen molar-refractivity contribution in [3.63, 3.8) is 0 Å². The molecule has 0 bridgehead atoms. The fourth-order valence-corrected chi connectivity index (χ4v) is 14.9. The number of carbonyl (C=O) groups excluding carboxylic acids is 8. The molecular formula is C91H140N12O21S4. The average Bonchev–Trinajstić information content (AvgIpc) is 1.22. The van der Waals surface area contributed by atoms with E-state index in [2.05, 4.69) is 143 Å². The Labute approximate surface area is 766 Å². The number of thioether (sulfide) groups is 1. The third-order valence-electron chi connectivity index (χ3n) is 19.0. The number of carbonyl (C=O) groups is 8. The maximum atomic E-state index is 11.8. The molecule has 0 aromatic carbocycles. The Kier molecular flexibility index (Phi) is 49.4. The summed E-state index contributed by atoms with van der Waals surface area (Å²) in [5.74, 6) is 6.00. The third kappa shape index (κ3) is 39.6. The van der Waals surface area contributed by atoms with E-state index in [4.69, 9.17) is 61.3 Å². The van der Waals surface area contributed by atoms with Crippen LogP contribution < -0.4 is 26.5 Å². The summed E-state index contributed by atoms with van der Waals surface area (Å²) < 4.78 is 41.0. The number of esters is 1. The zero-order chi connectivity index (χ0) is 98.7. The summed E-state index contributed by atoms with van der Waals surface area (Å²) in [4.78, 5) is 115. The van der Waals surface area contributed by atoms with Gasteiger partial charge in [-0.25, -0.2) is 13.7 Å². The second-order valence-corrected chi connectivity index (χ2v) is 40.0. The molecule has 4 aromatic rings. The number of ketones is 5. The number of rotatable bonds is 14. The number of allylic oxidation sites excluding steroid dienone is 8. The Morgan fingerprint density at radius 2 is 1.21 bits per heavy atom. The van der Waals surface area contributed by atoms with Crippen molar-refractivity contribution in [1.29, 1.82) is 0 Å². The Bertz CT molecular complexity index is 4760. The van der Waals surface area contributed by atoms with Gasteiger partial charge in [-0.05, 0) is 119 Å². The molecule has 10 heterocycles. The first-order valence-electron chi connectivity index (χ1n) is 42.4. The summed E-state index contributed by atoms with van der Waals surface area (Å²) >= 11 is 7.79. The van der Waals surface area contributed by atoms with Crippen molar-refractivity contribution in [3.8, 4) is 0 Å². The fourth-order valence-electron chi connectivity index (χ4n) is 11.3. The second-order valence-electron chi connectivity index (χ2n) is 34.9. The molecule has 13 N–H and O–H groups in total. The number of nitrogens with zero attached hydrogens (tertiary/aromatic N) is 5. The summed E-state index contributed by atoms with van der Waals surface area (Å²) in [5.41, 5.74) is 2.87. The Balaban J connectivity index is 0.000000694. The number of aliphatic hydroxyl groups is 6. The Morgan fingerprint density at radius 3 is 1.45 bits per heavy atom. The molecule has 2 amide bonds. The average molecular weight is 1870 g/mol. The van der Waals surface area contributed by atoms with Crippen molar-refractivity contribution in [2.24, 2.45) is 45.8 Å². The van der Waals surface area contributed by atoms with Crippen molar-refractivity contribution >= 4 is 92.1 Å². The monoisotopic (exact) mass is 1860 g/mol. The largest absolute Gasteiger partial charge is 0.512 e. The number of cyclic esters (lactones) is 1. The number of tetrazole rings is 1. The van der Waals surface area contributed by atoms with E-state index in [1.807, 2.05) is 132 Å². The van der Waals surface area contributed by atoms with Gasteiger partial charge in [0, 0.05) is 84.0 Å². The van der Waals surface area contributed by atoms with Crippen LogP contribution in [0, 0.1) is 46.3 Å². The highest BCUT2D eigenvalue weighted by atomic mass is 32.2. The maximum Gasteiger partial charge on any atom is 0.335 e. The zero-order valence-electron chi connectivity index (χ0n) is 79.3. The van der Waals surface area contributed by atoms with Crippen LogP contribution in [0.3, 0.4) is 0 Å². The molecule has 0 spiro atoms. The van der Waals surface area contributed by atoms with E-state index in [1.54, 1.807) is 29.0 Å². The number of aromatic amines is 4. The molecule has 2 saturated heterocycles. The minimum atomic E-state index is -2.19. The van der Waals surface area contributed by atoms with E-state index in [1.165, 1.54) is 35.8 Å². The molecule has 0 radical (unpaired) electrons. The standard InChI is InChI=1S/C9H14O2.C8H11NO2.C8H12O2.C8H10O2.C8H12OS.C7H14N2OS.2C7H11NO2.C7H10O3.C6H9NO2.2C6H9NOS.C4H8N4/c1-6(2)7-3-8(10)5-9(11)4-7;1-4(2)9-6-7(10)5(3)8(6)11;1-5(2)8-7(9)4-6(3)10-8;1-4(2)6-7(9)5(3)8(6)10;1-5(2)8-7(9)4-6(3)10-8;1-5(2)11(10)8-6(3)7(4)9-11;1-5(2)8-4-6(9)3-7(8)10;1-4(2)7-5(9)3-6(10)8-7;1-4(2)7-5(8)3-6(9)10-7;1-4(2)5-3-6(8)7-9-5;1-4(2)5-3-8-6(9)7-5;1-4(2)5-3-6(8)7-9-5;1-3(2)4-5-7-8-6-4/h5-7,10H,3-4H2,1-2H3;4,9-10H,3H2,1-2H3;5,8H,3-4H2,1-2H3;4,9H,3H2,1-2H3;5,8H,3-4H2,1-2H3;5,7H,3H2,1-2,4H3,(H,8,9,10);3,5,9H,4H2,1-2H3;3-4,7,9H,1-2H3,(H,8,10);3-4,7-8H,1-2H3;3-4H,1-2H3,(H,7,8);3-4H,1-2H3,(H,7,9);3-4H,1-2H3,(H,7,8);3H,1-2H3,(H,5,6,7,8). The van der Waals surface area contributed by atoms with Crippen LogP contribution in [-0.2, 0) is 57.7 Å². The van der Waals surface area contributed by atoms with Gasteiger partial charge in [0.1, 0.15) is 50.7 Å². The molecule has 4 aromatic heterocycles. The van der Waals surface area contributed by atoms with Crippen LogP contribution in [0.1, 0.15) is 258 Å². The molecule has 0 saturated carbocycles. The van der Waals surface area contributed by atoms with E-state index in [-0.39, 0.29) is 162 Å². The van der Waals surface area contributed by atoms with Gasteiger partial charge in [0.15, 0.2) is 46.9 Å². The molecule has 37 heteroatoms. The number of aliphatic hydroxyl groups excluding tert-OH is 6. The third-order valence-corrected chi connectivity index (χ3v) is 24.3.